The zero-order chi connectivity index (χ0) is 21.1. The molecule has 1 aromatic rings. The van der Waals surface area contributed by atoms with Crippen LogP contribution in [0.5, 0.6) is 0 Å². The van der Waals surface area contributed by atoms with Crippen molar-refractivity contribution in [2.24, 2.45) is 17.3 Å². The number of piperazine rings is 1. The average Bonchev–Trinajstić information content (AvgIpc) is 3.14. The largest absolute Gasteiger partial charge is 0.348 e. The molecular weight excluding hydrogens is 380 g/mol. The number of aromatic nitrogens is 3. The van der Waals surface area contributed by atoms with Crippen LogP contribution in [0.4, 0.5) is 0 Å². The molecule has 0 aromatic carbocycles. The van der Waals surface area contributed by atoms with Crippen LogP contribution in [0.3, 0.4) is 0 Å². The third-order valence-electron chi connectivity index (χ3n) is 8.09. The molecule has 4 saturated carbocycles. The maximum absolute atomic E-state index is 13.9. The van der Waals surface area contributed by atoms with Gasteiger partial charge in [-0.05, 0) is 57.3 Å². The molecule has 2 heterocycles. The summed E-state index contributed by atoms with van der Waals surface area (Å²) in [5, 5.41) is 4.69. The second-order valence-corrected chi connectivity index (χ2v) is 10.6. The minimum Gasteiger partial charge on any atom is -0.348 e. The van der Waals surface area contributed by atoms with Gasteiger partial charge in [-0.1, -0.05) is 0 Å². The Bertz CT molecular complexity index is 826. The molecule has 6 rings (SSSR count). The number of nitrogens with zero attached hydrogens (tertiary/aromatic N) is 6. The Morgan fingerprint density at radius 3 is 2.33 bits per heavy atom. The third-order valence-corrected chi connectivity index (χ3v) is 8.09. The summed E-state index contributed by atoms with van der Waals surface area (Å²) in [7, 11) is 3.59. The van der Waals surface area contributed by atoms with Gasteiger partial charge in [0.1, 0.15) is 12.2 Å². The van der Waals surface area contributed by atoms with E-state index in [0.29, 0.717) is 24.3 Å². The Labute approximate surface area is 178 Å². The lowest BCUT2D eigenvalue weighted by atomic mass is 9.46. The van der Waals surface area contributed by atoms with Gasteiger partial charge in [-0.15, -0.1) is 0 Å². The summed E-state index contributed by atoms with van der Waals surface area (Å²) in [5.74, 6) is 2.55. The van der Waals surface area contributed by atoms with Gasteiger partial charge in [-0.3, -0.25) is 14.5 Å². The fraction of sp³-hybridized carbons (Fsp3) is 0.818. The van der Waals surface area contributed by atoms with Crippen molar-refractivity contribution in [3.05, 3.63) is 12.2 Å². The van der Waals surface area contributed by atoms with E-state index in [1.54, 1.807) is 19.0 Å². The molecule has 30 heavy (non-hydrogen) atoms. The van der Waals surface area contributed by atoms with Crippen molar-refractivity contribution in [3.63, 3.8) is 0 Å². The Morgan fingerprint density at radius 1 is 1.10 bits per heavy atom. The minimum atomic E-state index is -0.231. The summed E-state index contributed by atoms with van der Waals surface area (Å²) in [6.45, 7) is 5.40. The quantitative estimate of drug-likeness (QED) is 0.738. The summed E-state index contributed by atoms with van der Waals surface area (Å²) < 4.78 is 2.10. The highest BCUT2D eigenvalue weighted by molar-refractivity contribution is 5.84. The molecular formula is C22H34N6O2. The zero-order valence-electron chi connectivity index (χ0n) is 18.5. The van der Waals surface area contributed by atoms with Gasteiger partial charge in [-0.25, -0.2) is 9.67 Å². The van der Waals surface area contributed by atoms with Crippen molar-refractivity contribution >= 4 is 11.8 Å². The van der Waals surface area contributed by atoms with E-state index in [4.69, 9.17) is 5.10 Å². The summed E-state index contributed by atoms with van der Waals surface area (Å²) in [4.78, 5) is 36.2. The SMILES string of the molecule is Cc1ncn(C23C[C@@H]4C[C@H](CC(C(=O)N5CCN(CC(=O)N(C)C)CC5)(C4)C2)C3)n1. The lowest BCUT2D eigenvalue weighted by Gasteiger charge is -2.61. The van der Waals surface area contributed by atoms with Crippen molar-refractivity contribution in [1.82, 2.24) is 29.5 Å². The van der Waals surface area contributed by atoms with E-state index in [1.807, 2.05) is 13.3 Å². The molecule has 8 heteroatoms. The molecule has 1 aromatic heterocycles. The predicted octanol–water partition coefficient (Wildman–Crippen LogP) is 1.11. The summed E-state index contributed by atoms with van der Waals surface area (Å²) in [6, 6.07) is 0. The molecule has 4 aliphatic carbocycles. The first-order valence-electron chi connectivity index (χ1n) is 11.4. The Balaban J connectivity index is 1.31. The number of likely N-dealkylation sites (N-methyl/N-ethyl adjacent to an activating group) is 1. The smallest absolute Gasteiger partial charge is 0.236 e. The zero-order valence-corrected chi connectivity index (χ0v) is 18.5. The normalized spacial score (nSPS) is 35.6. The number of rotatable bonds is 4. The standard InChI is InChI=1S/C22H34N6O2/c1-16-23-15-28(24-16)22-11-17-8-18(12-22)10-21(9-17,14-22)20(30)27-6-4-26(5-7-27)13-19(29)25(2)3/h15,17-18H,4-14H2,1-3H3/t17-,18-,21?,22?/m1/s1. The molecule has 5 aliphatic rings. The molecule has 0 radical (unpaired) electrons. The molecule has 164 valence electrons. The van der Waals surface area contributed by atoms with Crippen LogP contribution in [-0.2, 0) is 15.1 Å². The van der Waals surface area contributed by atoms with Gasteiger partial charge in [-0.2, -0.15) is 5.10 Å². The Hall–Kier alpha value is -1.96. The first-order valence-corrected chi connectivity index (χ1v) is 11.4. The van der Waals surface area contributed by atoms with E-state index >= 15 is 0 Å². The van der Waals surface area contributed by atoms with E-state index < -0.39 is 0 Å². The van der Waals surface area contributed by atoms with Crippen LogP contribution in [0.25, 0.3) is 0 Å². The second kappa shape index (κ2) is 7.04. The monoisotopic (exact) mass is 414 g/mol. The van der Waals surface area contributed by atoms with Crippen LogP contribution >= 0.6 is 0 Å². The van der Waals surface area contributed by atoms with Crippen molar-refractivity contribution < 1.29 is 9.59 Å². The molecule has 0 unspecified atom stereocenters. The summed E-state index contributed by atoms with van der Waals surface area (Å²) in [6.07, 6.45) is 8.43. The second-order valence-electron chi connectivity index (χ2n) is 10.6. The van der Waals surface area contributed by atoms with Crippen LogP contribution in [0.2, 0.25) is 0 Å². The molecule has 4 bridgehead atoms. The van der Waals surface area contributed by atoms with E-state index in [-0.39, 0.29) is 16.9 Å². The summed E-state index contributed by atoms with van der Waals surface area (Å²) >= 11 is 0. The van der Waals surface area contributed by atoms with E-state index in [9.17, 15) is 9.59 Å². The fourth-order valence-corrected chi connectivity index (χ4v) is 7.08. The van der Waals surface area contributed by atoms with Gasteiger partial charge >= 0.3 is 0 Å². The third kappa shape index (κ3) is 3.24. The van der Waals surface area contributed by atoms with Gasteiger partial charge in [0.25, 0.3) is 0 Å². The molecule has 0 N–H and O–H groups in total. The van der Waals surface area contributed by atoms with Crippen molar-refractivity contribution in [3.8, 4) is 0 Å². The summed E-state index contributed by atoms with van der Waals surface area (Å²) in [5.41, 5.74) is -0.257. The molecule has 1 saturated heterocycles. The van der Waals surface area contributed by atoms with Gasteiger partial charge in [0, 0.05) is 40.3 Å². The van der Waals surface area contributed by atoms with Crippen LogP contribution in [0.15, 0.2) is 6.33 Å². The van der Waals surface area contributed by atoms with Gasteiger partial charge in [0.15, 0.2) is 0 Å². The Morgan fingerprint density at radius 2 is 1.77 bits per heavy atom. The van der Waals surface area contributed by atoms with Crippen LogP contribution < -0.4 is 0 Å². The van der Waals surface area contributed by atoms with E-state index in [2.05, 4.69) is 19.5 Å². The topological polar surface area (TPSA) is 74.6 Å². The van der Waals surface area contributed by atoms with Crippen molar-refractivity contribution in [2.45, 2.75) is 51.0 Å². The van der Waals surface area contributed by atoms with Gasteiger partial charge < -0.3 is 9.80 Å². The molecule has 2 amide bonds. The maximum atomic E-state index is 13.9. The molecule has 8 nitrogen and oxygen atoms in total. The minimum absolute atomic E-state index is 0.0268. The van der Waals surface area contributed by atoms with Crippen LogP contribution in [0.1, 0.15) is 44.3 Å². The first kappa shape index (κ1) is 20.0. The molecule has 0 spiro atoms. The van der Waals surface area contributed by atoms with Crippen molar-refractivity contribution in [1.29, 1.82) is 0 Å². The lowest BCUT2D eigenvalue weighted by Crippen LogP contribution is -2.63. The lowest BCUT2D eigenvalue weighted by molar-refractivity contribution is -0.168. The number of carbonyl (C=O) groups is 2. The highest BCUT2D eigenvalue weighted by Crippen LogP contribution is 2.64. The van der Waals surface area contributed by atoms with Gasteiger partial charge in [0.05, 0.1) is 17.5 Å². The molecule has 2 atom stereocenters. The fourth-order valence-electron chi connectivity index (χ4n) is 7.08. The van der Waals surface area contributed by atoms with Gasteiger partial charge in [0.2, 0.25) is 11.8 Å². The number of hydrogen-bond donors (Lipinski definition) is 0. The van der Waals surface area contributed by atoms with E-state index in [1.165, 1.54) is 6.42 Å². The number of aryl methyl sites for hydroxylation is 1. The highest BCUT2D eigenvalue weighted by atomic mass is 16.2. The average molecular weight is 415 g/mol. The Kier molecular flexibility index (Phi) is 4.69. The van der Waals surface area contributed by atoms with Crippen LogP contribution in [0, 0.1) is 24.2 Å². The highest BCUT2D eigenvalue weighted by Gasteiger charge is 2.62. The number of amides is 2. The maximum Gasteiger partial charge on any atom is 0.236 e. The number of hydrogen-bond acceptors (Lipinski definition) is 5. The number of carbonyl (C=O) groups excluding carboxylic acids is 2. The molecule has 5 fully saturated rings. The van der Waals surface area contributed by atoms with Crippen LogP contribution in [-0.4, -0.2) is 88.1 Å². The molecule has 1 aliphatic heterocycles. The first-order chi connectivity index (χ1) is 14.3. The van der Waals surface area contributed by atoms with Crippen molar-refractivity contribution in [2.75, 3.05) is 46.8 Å². The van der Waals surface area contributed by atoms with E-state index in [0.717, 1.165) is 64.1 Å². The predicted molar refractivity (Wildman–Crippen MR) is 112 cm³/mol.